The van der Waals surface area contributed by atoms with Gasteiger partial charge in [0.1, 0.15) is 0 Å². The van der Waals surface area contributed by atoms with Gasteiger partial charge in [-0.1, -0.05) is 12.2 Å². The van der Waals surface area contributed by atoms with Crippen LogP contribution in [-0.2, 0) is 0 Å². The highest BCUT2D eigenvalue weighted by Gasteiger charge is 2.02. The summed E-state index contributed by atoms with van der Waals surface area (Å²) in [6.45, 7) is 4.03. The number of non-ortho nitro benzene ring substituents is 1. The Morgan fingerprint density at radius 2 is 1.88 bits per heavy atom. The average Bonchev–Trinajstić information content (AvgIpc) is 2.16. The van der Waals surface area contributed by atoms with Crippen LogP contribution in [0.15, 0.2) is 39.5 Å². The van der Waals surface area contributed by atoms with Crippen molar-refractivity contribution in [2.24, 2.45) is 0 Å². The lowest BCUT2D eigenvalue weighted by Gasteiger charge is -1.96. The number of benzene rings is 1. The fourth-order valence-corrected chi connectivity index (χ4v) is 1.80. The number of halogens is 1. The van der Waals surface area contributed by atoms with E-state index in [-0.39, 0.29) is 5.69 Å². The number of nitro groups is 1. The van der Waals surface area contributed by atoms with Crippen molar-refractivity contribution in [3.8, 4) is 0 Å². The Kier molecular flexibility index (Phi) is 4.67. The maximum Gasteiger partial charge on any atom is 0.269 e. The van der Waals surface area contributed by atoms with Gasteiger partial charge in [0.05, 0.1) is 4.92 Å². The molecule has 0 atom stereocenters. The van der Waals surface area contributed by atoms with Gasteiger partial charge in [0, 0.05) is 12.1 Å². The van der Waals surface area contributed by atoms with Crippen molar-refractivity contribution in [1.29, 1.82) is 0 Å². The minimum Gasteiger partial charge on any atom is -0.258 e. The van der Waals surface area contributed by atoms with E-state index in [1.54, 1.807) is 12.1 Å². The number of hydrogen-bond donors (Lipinski definition) is 0. The molecule has 0 heterocycles. The van der Waals surface area contributed by atoms with E-state index in [1.165, 1.54) is 15.7 Å². The first-order valence-electron chi connectivity index (χ1n) is 4.75. The molecule has 3 nitrogen and oxygen atoms in total. The molecule has 1 rings (SSSR count). The molecular weight excluding hydrogens is 317 g/mol. The lowest BCUT2D eigenvalue weighted by molar-refractivity contribution is -0.384. The molecule has 0 N–H and O–H groups in total. The van der Waals surface area contributed by atoms with Crippen LogP contribution in [0, 0.1) is 10.1 Å². The maximum absolute atomic E-state index is 10.5. The summed E-state index contributed by atoms with van der Waals surface area (Å²) in [7, 11) is 0. The summed E-state index contributed by atoms with van der Waals surface area (Å²) in [5, 5.41) is 10.5. The highest BCUT2D eigenvalue weighted by atomic mass is 127. The minimum absolute atomic E-state index is 0.121. The van der Waals surface area contributed by atoms with Gasteiger partial charge in [0.15, 0.2) is 0 Å². The summed E-state index contributed by atoms with van der Waals surface area (Å²) in [4.78, 5) is 10.1. The Balaban J connectivity index is 2.91. The summed E-state index contributed by atoms with van der Waals surface area (Å²) in [6.07, 6.45) is 4.05. The fourth-order valence-electron chi connectivity index (χ4n) is 1.31. The van der Waals surface area contributed by atoms with Crippen LogP contribution in [0.25, 0.3) is 6.08 Å². The van der Waals surface area contributed by atoms with E-state index in [0.717, 1.165) is 11.1 Å². The van der Waals surface area contributed by atoms with Crippen molar-refractivity contribution in [2.45, 2.75) is 13.8 Å². The third-order valence-corrected chi connectivity index (χ3v) is 2.24. The SMILES string of the molecule is C/C(I)=C\C(C)=C\c1ccc([N+](=O)[O-])cc1. The van der Waals surface area contributed by atoms with Crippen molar-refractivity contribution in [3.05, 3.63) is 55.2 Å². The summed E-state index contributed by atoms with van der Waals surface area (Å²) in [5.74, 6) is 0. The second-order valence-corrected chi connectivity index (χ2v) is 5.17. The number of allylic oxidation sites excluding steroid dienone is 3. The van der Waals surface area contributed by atoms with Crippen LogP contribution in [0.3, 0.4) is 0 Å². The van der Waals surface area contributed by atoms with Gasteiger partial charge in [0.2, 0.25) is 0 Å². The number of rotatable bonds is 3. The second kappa shape index (κ2) is 5.79. The molecule has 1 aromatic rings. The average molecular weight is 329 g/mol. The Hall–Kier alpha value is -1.17. The van der Waals surface area contributed by atoms with Crippen molar-refractivity contribution < 1.29 is 4.92 Å². The monoisotopic (exact) mass is 329 g/mol. The molecule has 0 bridgehead atoms. The molecule has 0 aromatic heterocycles. The van der Waals surface area contributed by atoms with E-state index in [9.17, 15) is 10.1 Å². The highest BCUT2D eigenvalue weighted by Crippen LogP contribution is 2.16. The maximum atomic E-state index is 10.5. The molecule has 0 unspecified atom stereocenters. The molecule has 0 amide bonds. The molecule has 16 heavy (non-hydrogen) atoms. The largest absolute Gasteiger partial charge is 0.269 e. The molecule has 4 heteroatoms. The molecule has 0 aliphatic carbocycles. The molecule has 0 aliphatic rings. The standard InChI is InChI=1S/C12H12INO2/c1-9(7-10(2)13)8-11-3-5-12(6-4-11)14(15)16/h3-8H,1-2H3/b9-8+,10-7+. The normalized spacial score (nSPS) is 12.7. The van der Waals surface area contributed by atoms with E-state index >= 15 is 0 Å². The van der Waals surface area contributed by atoms with Crippen molar-refractivity contribution in [3.63, 3.8) is 0 Å². The summed E-state index contributed by atoms with van der Waals surface area (Å²) >= 11 is 2.25. The van der Waals surface area contributed by atoms with E-state index < -0.39 is 4.92 Å². The van der Waals surface area contributed by atoms with Crippen LogP contribution >= 0.6 is 22.6 Å². The molecule has 0 spiro atoms. The van der Waals surface area contributed by atoms with Gasteiger partial charge in [-0.3, -0.25) is 10.1 Å². The van der Waals surface area contributed by atoms with E-state index in [1.807, 2.05) is 19.9 Å². The molecule has 0 radical (unpaired) electrons. The molecule has 0 fully saturated rings. The van der Waals surface area contributed by atoms with Crippen molar-refractivity contribution in [2.75, 3.05) is 0 Å². The summed E-state index contributed by atoms with van der Waals surface area (Å²) in [6, 6.07) is 6.52. The zero-order chi connectivity index (χ0) is 12.1. The van der Waals surface area contributed by atoms with E-state index in [2.05, 4.69) is 28.7 Å². The van der Waals surface area contributed by atoms with Crippen LogP contribution in [0.4, 0.5) is 5.69 Å². The first kappa shape index (κ1) is 12.9. The molecule has 0 saturated heterocycles. The van der Waals surface area contributed by atoms with Crippen LogP contribution < -0.4 is 0 Å². The number of nitro benzene ring substituents is 1. The number of nitrogens with zero attached hydrogens (tertiary/aromatic N) is 1. The zero-order valence-electron chi connectivity index (χ0n) is 9.11. The van der Waals surface area contributed by atoms with E-state index in [0.29, 0.717) is 0 Å². The third-order valence-electron chi connectivity index (χ3n) is 1.92. The molecular formula is C12H12INO2. The second-order valence-electron chi connectivity index (χ2n) is 3.47. The first-order valence-corrected chi connectivity index (χ1v) is 5.83. The van der Waals surface area contributed by atoms with Crippen LogP contribution in [-0.4, -0.2) is 4.92 Å². The molecule has 1 aromatic carbocycles. The summed E-state index contributed by atoms with van der Waals surface area (Å²) in [5.41, 5.74) is 2.22. The van der Waals surface area contributed by atoms with Gasteiger partial charge in [-0.25, -0.2) is 0 Å². The summed E-state index contributed by atoms with van der Waals surface area (Å²) < 4.78 is 1.20. The van der Waals surface area contributed by atoms with Crippen LogP contribution in [0.5, 0.6) is 0 Å². The van der Waals surface area contributed by atoms with Gasteiger partial charge in [-0.2, -0.15) is 0 Å². The smallest absolute Gasteiger partial charge is 0.258 e. The van der Waals surface area contributed by atoms with Crippen molar-refractivity contribution in [1.82, 2.24) is 0 Å². The molecule has 0 aliphatic heterocycles. The third kappa shape index (κ3) is 4.14. The zero-order valence-corrected chi connectivity index (χ0v) is 11.3. The Labute approximate surface area is 108 Å². The Bertz CT molecular complexity index is 443. The van der Waals surface area contributed by atoms with Crippen molar-refractivity contribution >= 4 is 34.4 Å². The Morgan fingerprint density at radius 1 is 1.31 bits per heavy atom. The van der Waals surface area contributed by atoms with Crippen LogP contribution in [0.2, 0.25) is 0 Å². The number of hydrogen-bond acceptors (Lipinski definition) is 2. The van der Waals surface area contributed by atoms with Gasteiger partial charge in [-0.15, -0.1) is 0 Å². The lowest BCUT2D eigenvalue weighted by atomic mass is 10.1. The fraction of sp³-hybridized carbons (Fsp3) is 0.167. The van der Waals surface area contributed by atoms with Gasteiger partial charge < -0.3 is 0 Å². The topological polar surface area (TPSA) is 43.1 Å². The van der Waals surface area contributed by atoms with Gasteiger partial charge in [0.25, 0.3) is 5.69 Å². The Morgan fingerprint density at radius 3 is 2.31 bits per heavy atom. The minimum atomic E-state index is -0.394. The molecule has 84 valence electrons. The van der Waals surface area contributed by atoms with E-state index in [4.69, 9.17) is 0 Å². The van der Waals surface area contributed by atoms with Gasteiger partial charge in [-0.05, 0) is 63.3 Å². The molecule has 0 saturated carbocycles. The quantitative estimate of drug-likeness (QED) is 0.358. The lowest BCUT2D eigenvalue weighted by Crippen LogP contribution is -1.86. The van der Waals surface area contributed by atoms with Gasteiger partial charge >= 0.3 is 0 Å². The predicted octanol–water partition coefficient (Wildman–Crippen LogP) is 4.34. The van der Waals surface area contributed by atoms with Crippen LogP contribution in [0.1, 0.15) is 19.4 Å². The predicted molar refractivity (Wildman–Crippen MR) is 74.5 cm³/mol. The first-order chi connectivity index (χ1) is 7.49. The highest BCUT2D eigenvalue weighted by molar-refractivity contribution is 14.1.